The summed E-state index contributed by atoms with van der Waals surface area (Å²) in [5.74, 6) is 0.874. The van der Waals surface area contributed by atoms with E-state index in [1.165, 1.54) is 0 Å². The maximum Gasteiger partial charge on any atom is 0.125 e. The van der Waals surface area contributed by atoms with E-state index in [0.717, 1.165) is 12.4 Å². The van der Waals surface area contributed by atoms with Crippen molar-refractivity contribution in [2.45, 2.75) is 0 Å². The summed E-state index contributed by atoms with van der Waals surface area (Å²) < 4.78 is 5.19. The molecular formula is C9H15N3O. The lowest BCUT2D eigenvalue weighted by Gasteiger charge is -2.04. The third kappa shape index (κ3) is 4.45. The molecule has 1 rings (SSSR count). The first-order chi connectivity index (χ1) is 6.43. The van der Waals surface area contributed by atoms with Gasteiger partial charge < -0.3 is 15.8 Å². The Morgan fingerprint density at radius 1 is 1.38 bits per heavy atom. The Morgan fingerprint density at radius 2 is 2.31 bits per heavy atom. The van der Waals surface area contributed by atoms with Gasteiger partial charge in [0.05, 0.1) is 13.2 Å². The summed E-state index contributed by atoms with van der Waals surface area (Å²) in [6.45, 7) is 2.61. The third-order valence-corrected chi connectivity index (χ3v) is 1.48. The molecule has 0 aliphatic rings. The van der Waals surface area contributed by atoms with Gasteiger partial charge in [-0.25, -0.2) is 4.98 Å². The van der Waals surface area contributed by atoms with Gasteiger partial charge in [0.25, 0.3) is 0 Å². The summed E-state index contributed by atoms with van der Waals surface area (Å²) in [6.07, 6.45) is 1.75. The second-order valence-electron chi connectivity index (χ2n) is 2.54. The van der Waals surface area contributed by atoms with Crippen LogP contribution in [-0.2, 0) is 4.74 Å². The minimum absolute atomic E-state index is 0.573. The summed E-state index contributed by atoms with van der Waals surface area (Å²) >= 11 is 0. The molecule has 0 unspecified atom stereocenters. The summed E-state index contributed by atoms with van der Waals surface area (Å²) in [5, 5.41) is 3.13. The first-order valence-corrected chi connectivity index (χ1v) is 4.36. The van der Waals surface area contributed by atoms with Gasteiger partial charge in [0.15, 0.2) is 0 Å². The van der Waals surface area contributed by atoms with Crippen LogP contribution in [0.2, 0.25) is 0 Å². The number of pyridine rings is 1. The van der Waals surface area contributed by atoms with Crippen molar-refractivity contribution in [2.24, 2.45) is 5.73 Å². The van der Waals surface area contributed by atoms with Crippen molar-refractivity contribution in [2.75, 3.05) is 31.6 Å². The van der Waals surface area contributed by atoms with Crippen LogP contribution in [0.15, 0.2) is 24.4 Å². The molecule has 4 nitrogen and oxygen atoms in total. The molecule has 0 saturated heterocycles. The summed E-state index contributed by atoms with van der Waals surface area (Å²) in [5.41, 5.74) is 5.26. The summed E-state index contributed by atoms with van der Waals surface area (Å²) in [6, 6.07) is 5.75. The Morgan fingerprint density at radius 3 is 3.00 bits per heavy atom. The average Bonchev–Trinajstić information content (AvgIpc) is 2.19. The van der Waals surface area contributed by atoms with Crippen LogP contribution in [-0.4, -0.2) is 31.3 Å². The molecular weight excluding hydrogens is 166 g/mol. The fraction of sp³-hybridized carbons (Fsp3) is 0.444. The molecule has 0 fully saturated rings. The smallest absolute Gasteiger partial charge is 0.125 e. The molecule has 0 aliphatic carbocycles. The van der Waals surface area contributed by atoms with Crippen LogP contribution >= 0.6 is 0 Å². The van der Waals surface area contributed by atoms with Crippen molar-refractivity contribution >= 4 is 5.82 Å². The van der Waals surface area contributed by atoms with E-state index in [2.05, 4.69) is 10.3 Å². The maximum atomic E-state index is 5.26. The summed E-state index contributed by atoms with van der Waals surface area (Å²) in [4.78, 5) is 4.11. The van der Waals surface area contributed by atoms with Gasteiger partial charge in [-0.2, -0.15) is 0 Å². The van der Waals surface area contributed by atoms with Crippen molar-refractivity contribution in [1.82, 2.24) is 4.98 Å². The summed E-state index contributed by atoms with van der Waals surface area (Å²) in [7, 11) is 0. The molecule has 13 heavy (non-hydrogen) atoms. The molecule has 0 atom stereocenters. The van der Waals surface area contributed by atoms with Crippen LogP contribution in [0.5, 0.6) is 0 Å². The topological polar surface area (TPSA) is 60.2 Å². The van der Waals surface area contributed by atoms with Gasteiger partial charge in [0.2, 0.25) is 0 Å². The molecule has 0 bridgehead atoms. The van der Waals surface area contributed by atoms with Crippen molar-refractivity contribution < 1.29 is 4.74 Å². The molecule has 0 aliphatic heterocycles. The molecule has 0 spiro atoms. The van der Waals surface area contributed by atoms with Crippen LogP contribution in [0.4, 0.5) is 5.82 Å². The lowest BCUT2D eigenvalue weighted by atomic mass is 10.4. The zero-order valence-electron chi connectivity index (χ0n) is 7.57. The van der Waals surface area contributed by atoms with E-state index >= 15 is 0 Å². The third-order valence-electron chi connectivity index (χ3n) is 1.48. The highest BCUT2D eigenvalue weighted by molar-refractivity contribution is 5.32. The second-order valence-corrected chi connectivity index (χ2v) is 2.54. The predicted octanol–water partition coefficient (Wildman–Crippen LogP) is 0.469. The molecule has 0 amide bonds. The lowest BCUT2D eigenvalue weighted by molar-refractivity contribution is 0.151. The second kappa shape index (κ2) is 6.39. The molecule has 0 aromatic carbocycles. The zero-order valence-corrected chi connectivity index (χ0v) is 7.57. The number of nitrogens with one attached hydrogen (secondary N) is 1. The molecule has 0 saturated carbocycles. The molecule has 72 valence electrons. The Labute approximate surface area is 78.1 Å². The van der Waals surface area contributed by atoms with Crippen molar-refractivity contribution in [1.29, 1.82) is 0 Å². The zero-order chi connectivity index (χ0) is 9.36. The van der Waals surface area contributed by atoms with Crippen molar-refractivity contribution in [3.05, 3.63) is 24.4 Å². The number of aromatic nitrogens is 1. The Kier molecular flexibility index (Phi) is 4.90. The van der Waals surface area contributed by atoms with E-state index in [9.17, 15) is 0 Å². The Balaban J connectivity index is 2.07. The van der Waals surface area contributed by atoms with Crippen molar-refractivity contribution in [3.63, 3.8) is 0 Å². The largest absolute Gasteiger partial charge is 0.378 e. The van der Waals surface area contributed by atoms with Crippen LogP contribution in [0.25, 0.3) is 0 Å². The molecule has 4 heteroatoms. The molecule has 3 N–H and O–H groups in total. The van der Waals surface area contributed by atoms with Crippen LogP contribution in [0.3, 0.4) is 0 Å². The number of hydrogen-bond acceptors (Lipinski definition) is 4. The monoisotopic (exact) mass is 181 g/mol. The van der Waals surface area contributed by atoms with E-state index in [4.69, 9.17) is 10.5 Å². The number of rotatable bonds is 6. The number of nitrogens with two attached hydrogens (primary N) is 1. The Bertz CT molecular complexity index is 215. The molecule has 1 aromatic rings. The minimum atomic E-state index is 0.573. The number of ether oxygens (including phenoxy) is 1. The number of anilines is 1. The van der Waals surface area contributed by atoms with Gasteiger partial charge in [0.1, 0.15) is 5.82 Å². The van der Waals surface area contributed by atoms with Gasteiger partial charge in [-0.3, -0.25) is 0 Å². The van der Waals surface area contributed by atoms with Crippen molar-refractivity contribution in [3.8, 4) is 0 Å². The van der Waals surface area contributed by atoms with E-state index in [1.807, 2.05) is 18.2 Å². The standard InChI is InChI=1S/C9H15N3O/c10-4-7-13-8-6-12-9-3-1-2-5-11-9/h1-3,5H,4,6-8,10H2,(H,11,12). The van der Waals surface area contributed by atoms with Gasteiger partial charge in [-0.15, -0.1) is 0 Å². The SMILES string of the molecule is NCCOCCNc1ccccn1. The number of nitrogens with zero attached hydrogens (tertiary/aromatic N) is 1. The highest BCUT2D eigenvalue weighted by Gasteiger charge is 1.89. The Hall–Kier alpha value is -1.13. The fourth-order valence-corrected chi connectivity index (χ4v) is 0.904. The molecule has 0 radical (unpaired) electrons. The fourth-order valence-electron chi connectivity index (χ4n) is 0.904. The van der Waals surface area contributed by atoms with Gasteiger partial charge in [-0.1, -0.05) is 6.07 Å². The van der Waals surface area contributed by atoms with E-state index in [0.29, 0.717) is 19.8 Å². The highest BCUT2D eigenvalue weighted by Crippen LogP contribution is 1.97. The van der Waals surface area contributed by atoms with Crippen LogP contribution in [0, 0.1) is 0 Å². The number of hydrogen-bond donors (Lipinski definition) is 2. The minimum Gasteiger partial charge on any atom is -0.378 e. The highest BCUT2D eigenvalue weighted by atomic mass is 16.5. The van der Waals surface area contributed by atoms with E-state index in [1.54, 1.807) is 6.20 Å². The van der Waals surface area contributed by atoms with Crippen LogP contribution in [0.1, 0.15) is 0 Å². The maximum absolute atomic E-state index is 5.26. The molecule has 1 aromatic heterocycles. The quantitative estimate of drug-likeness (QED) is 0.626. The van der Waals surface area contributed by atoms with Crippen LogP contribution < -0.4 is 11.1 Å². The lowest BCUT2D eigenvalue weighted by Crippen LogP contribution is -2.14. The van der Waals surface area contributed by atoms with Gasteiger partial charge >= 0.3 is 0 Å². The predicted molar refractivity (Wildman–Crippen MR) is 52.6 cm³/mol. The molecule has 1 heterocycles. The van der Waals surface area contributed by atoms with Gasteiger partial charge in [0, 0.05) is 19.3 Å². The van der Waals surface area contributed by atoms with Gasteiger partial charge in [-0.05, 0) is 12.1 Å². The average molecular weight is 181 g/mol. The first kappa shape index (κ1) is 9.95. The van der Waals surface area contributed by atoms with E-state index in [-0.39, 0.29) is 0 Å². The normalized spacial score (nSPS) is 9.92. The van der Waals surface area contributed by atoms with E-state index < -0.39 is 0 Å². The first-order valence-electron chi connectivity index (χ1n) is 4.36.